The second-order valence-corrected chi connectivity index (χ2v) is 7.30. The van der Waals surface area contributed by atoms with Crippen LogP contribution in [-0.4, -0.2) is 54.1 Å². The SMILES string of the molecule is COc1ccc(Nc2cc(-c3ccccn3)nc(NCCCN(C)C)n2)cc1C(F)(F)F. The van der Waals surface area contributed by atoms with Crippen LogP contribution in [0.4, 0.5) is 30.6 Å². The van der Waals surface area contributed by atoms with Crippen molar-refractivity contribution in [1.29, 1.82) is 0 Å². The Bertz CT molecular complexity index is 1030. The Morgan fingerprint density at radius 2 is 1.84 bits per heavy atom. The molecule has 0 aliphatic carbocycles. The van der Waals surface area contributed by atoms with Gasteiger partial charge in [-0.05, 0) is 57.4 Å². The molecule has 0 saturated heterocycles. The van der Waals surface area contributed by atoms with Crippen LogP contribution in [0.2, 0.25) is 0 Å². The van der Waals surface area contributed by atoms with E-state index in [-0.39, 0.29) is 11.4 Å². The summed E-state index contributed by atoms with van der Waals surface area (Å²) in [4.78, 5) is 15.3. The van der Waals surface area contributed by atoms with Crippen LogP contribution in [0.15, 0.2) is 48.7 Å². The van der Waals surface area contributed by atoms with Gasteiger partial charge in [0.1, 0.15) is 11.6 Å². The summed E-state index contributed by atoms with van der Waals surface area (Å²) in [7, 11) is 5.18. The highest BCUT2D eigenvalue weighted by molar-refractivity contribution is 5.66. The Morgan fingerprint density at radius 1 is 1.03 bits per heavy atom. The molecule has 0 bridgehead atoms. The van der Waals surface area contributed by atoms with Gasteiger partial charge in [0.2, 0.25) is 5.95 Å². The van der Waals surface area contributed by atoms with Gasteiger partial charge in [-0.25, -0.2) is 4.98 Å². The predicted octanol–water partition coefficient (Wildman–Crippen LogP) is 4.67. The maximum Gasteiger partial charge on any atom is 0.420 e. The van der Waals surface area contributed by atoms with Crippen LogP contribution in [0.1, 0.15) is 12.0 Å². The zero-order valence-corrected chi connectivity index (χ0v) is 18.1. The largest absolute Gasteiger partial charge is 0.496 e. The fourth-order valence-electron chi connectivity index (χ4n) is 2.99. The highest BCUT2D eigenvalue weighted by atomic mass is 19.4. The summed E-state index contributed by atoms with van der Waals surface area (Å²) in [6, 6.07) is 10.8. The third-order valence-electron chi connectivity index (χ3n) is 4.50. The molecule has 32 heavy (non-hydrogen) atoms. The van der Waals surface area contributed by atoms with Gasteiger partial charge in [-0.15, -0.1) is 0 Å². The van der Waals surface area contributed by atoms with Gasteiger partial charge in [-0.3, -0.25) is 4.98 Å². The van der Waals surface area contributed by atoms with Gasteiger partial charge >= 0.3 is 6.18 Å². The molecule has 2 N–H and O–H groups in total. The van der Waals surface area contributed by atoms with E-state index in [9.17, 15) is 13.2 Å². The highest BCUT2D eigenvalue weighted by Gasteiger charge is 2.34. The number of hydrogen-bond donors (Lipinski definition) is 2. The smallest absolute Gasteiger partial charge is 0.420 e. The minimum atomic E-state index is -4.55. The number of pyridine rings is 1. The summed E-state index contributed by atoms with van der Waals surface area (Å²) in [6.07, 6.45) is -2.03. The minimum absolute atomic E-state index is 0.224. The van der Waals surface area contributed by atoms with Crippen LogP contribution in [0.5, 0.6) is 5.75 Å². The normalized spacial score (nSPS) is 11.5. The minimum Gasteiger partial charge on any atom is -0.496 e. The van der Waals surface area contributed by atoms with Crippen LogP contribution < -0.4 is 15.4 Å². The van der Waals surface area contributed by atoms with Crippen molar-refractivity contribution in [1.82, 2.24) is 19.9 Å². The number of anilines is 3. The number of alkyl halides is 3. The van der Waals surface area contributed by atoms with E-state index in [4.69, 9.17) is 4.74 Å². The van der Waals surface area contributed by atoms with E-state index in [1.54, 1.807) is 24.4 Å². The summed E-state index contributed by atoms with van der Waals surface area (Å²) in [5, 5.41) is 6.12. The average Bonchev–Trinajstić information content (AvgIpc) is 2.76. The third-order valence-corrected chi connectivity index (χ3v) is 4.50. The molecule has 2 aromatic heterocycles. The number of halogens is 3. The van der Waals surface area contributed by atoms with Gasteiger partial charge < -0.3 is 20.3 Å². The molecule has 0 atom stereocenters. The van der Waals surface area contributed by atoms with Crippen LogP contribution in [-0.2, 0) is 6.18 Å². The van der Waals surface area contributed by atoms with Crippen molar-refractivity contribution in [3.05, 3.63) is 54.2 Å². The van der Waals surface area contributed by atoms with Gasteiger partial charge in [0.25, 0.3) is 0 Å². The topological polar surface area (TPSA) is 75.2 Å². The maximum absolute atomic E-state index is 13.4. The van der Waals surface area contributed by atoms with Crippen molar-refractivity contribution in [3.8, 4) is 17.1 Å². The summed E-state index contributed by atoms with van der Waals surface area (Å²) in [5.74, 6) is 0.455. The lowest BCUT2D eigenvalue weighted by atomic mass is 10.1. The monoisotopic (exact) mass is 446 g/mol. The van der Waals surface area contributed by atoms with Crippen LogP contribution >= 0.6 is 0 Å². The highest BCUT2D eigenvalue weighted by Crippen LogP contribution is 2.38. The first-order chi connectivity index (χ1) is 15.3. The Balaban J connectivity index is 1.90. The summed E-state index contributed by atoms with van der Waals surface area (Å²) in [5.41, 5.74) is 0.524. The lowest BCUT2D eigenvalue weighted by molar-refractivity contribution is -0.138. The standard InChI is InChI=1S/C22H25F3N6O/c1-31(2)12-6-11-27-21-29-18(17-7-4-5-10-26-17)14-20(30-21)28-15-8-9-19(32-3)16(13-15)22(23,24)25/h4-5,7-10,13-14H,6,11-12H2,1-3H3,(H2,27,28,29,30). The predicted molar refractivity (Wildman–Crippen MR) is 118 cm³/mol. The van der Waals surface area contributed by atoms with Crippen molar-refractivity contribution in [2.75, 3.05) is 44.9 Å². The molecule has 0 aliphatic heterocycles. The van der Waals surface area contributed by atoms with E-state index in [0.717, 1.165) is 19.0 Å². The number of rotatable bonds is 9. The van der Waals surface area contributed by atoms with Gasteiger partial charge in [-0.2, -0.15) is 18.2 Å². The van der Waals surface area contributed by atoms with E-state index >= 15 is 0 Å². The van der Waals surface area contributed by atoms with E-state index in [2.05, 4.69) is 30.5 Å². The maximum atomic E-state index is 13.4. The Kier molecular flexibility index (Phi) is 7.47. The molecule has 1 aromatic carbocycles. The van der Waals surface area contributed by atoms with Crippen LogP contribution in [0, 0.1) is 0 Å². The molecular formula is C22H25F3N6O. The summed E-state index contributed by atoms with van der Waals surface area (Å²) < 4.78 is 45.0. The Hall–Kier alpha value is -3.40. The lowest BCUT2D eigenvalue weighted by Gasteiger charge is -2.15. The molecule has 0 spiro atoms. The molecule has 7 nitrogen and oxygen atoms in total. The van der Waals surface area contributed by atoms with Crippen LogP contribution in [0.25, 0.3) is 11.4 Å². The van der Waals surface area contributed by atoms with Gasteiger partial charge in [-0.1, -0.05) is 6.07 Å². The van der Waals surface area contributed by atoms with E-state index < -0.39 is 11.7 Å². The fourth-order valence-corrected chi connectivity index (χ4v) is 2.99. The number of benzene rings is 1. The van der Waals surface area contributed by atoms with E-state index in [1.807, 2.05) is 20.2 Å². The number of ether oxygens (including phenoxy) is 1. The van der Waals surface area contributed by atoms with Crippen molar-refractivity contribution in [2.45, 2.75) is 12.6 Å². The van der Waals surface area contributed by atoms with Crippen LogP contribution in [0.3, 0.4) is 0 Å². The molecule has 0 saturated carbocycles. The molecule has 3 rings (SSSR count). The molecule has 2 heterocycles. The number of methoxy groups -OCH3 is 1. The first kappa shape index (κ1) is 23.3. The molecule has 0 aliphatic rings. The van der Waals surface area contributed by atoms with Crippen molar-refractivity contribution >= 4 is 17.5 Å². The first-order valence-electron chi connectivity index (χ1n) is 9.97. The fraction of sp³-hybridized carbons (Fsp3) is 0.318. The second-order valence-electron chi connectivity index (χ2n) is 7.30. The van der Waals surface area contributed by atoms with Gasteiger partial charge in [0.15, 0.2) is 0 Å². The Labute approximate surface area is 184 Å². The number of aromatic nitrogens is 3. The summed E-state index contributed by atoms with van der Waals surface area (Å²) in [6.45, 7) is 1.54. The molecule has 0 unspecified atom stereocenters. The first-order valence-corrected chi connectivity index (χ1v) is 9.97. The molecule has 170 valence electrons. The molecule has 0 fully saturated rings. The molecule has 10 heteroatoms. The molecule has 3 aromatic rings. The quantitative estimate of drug-likeness (QED) is 0.463. The third kappa shape index (κ3) is 6.30. The number of nitrogens with one attached hydrogen (secondary N) is 2. The van der Waals surface area contributed by atoms with Crippen molar-refractivity contribution in [3.63, 3.8) is 0 Å². The zero-order valence-electron chi connectivity index (χ0n) is 18.1. The number of nitrogens with zero attached hydrogens (tertiary/aromatic N) is 4. The summed E-state index contributed by atoms with van der Waals surface area (Å²) >= 11 is 0. The number of hydrogen-bond acceptors (Lipinski definition) is 7. The average molecular weight is 446 g/mol. The van der Waals surface area contributed by atoms with Crippen molar-refractivity contribution in [2.24, 2.45) is 0 Å². The second kappa shape index (κ2) is 10.3. The van der Waals surface area contributed by atoms with E-state index in [1.165, 1.54) is 19.2 Å². The molecule has 0 radical (unpaired) electrons. The molecule has 0 amide bonds. The van der Waals surface area contributed by atoms with Crippen molar-refractivity contribution < 1.29 is 17.9 Å². The van der Waals surface area contributed by atoms with Gasteiger partial charge in [0.05, 0.1) is 24.1 Å². The lowest BCUT2D eigenvalue weighted by Crippen LogP contribution is -2.17. The van der Waals surface area contributed by atoms with E-state index in [0.29, 0.717) is 29.7 Å². The molecular weight excluding hydrogens is 421 g/mol. The Morgan fingerprint density at radius 3 is 2.50 bits per heavy atom. The van der Waals surface area contributed by atoms with Gasteiger partial charge in [0, 0.05) is 24.5 Å². The zero-order chi connectivity index (χ0) is 23.1.